The molecular formula is C9H20N2. The number of hydrogen-bond donors (Lipinski definition) is 2. The Hall–Kier alpha value is -0.0800. The van der Waals surface area contributed by atoms with E-state index in [1.807, 2.05) is 0 Å². The average molecular weight is 156 g/mol. The minimum atomic E-state index is 0.419. The maximum Gasteiger partial charge on any atom is 0.00701 e. The molecule has 0 heterocycles. The van der Waals surface area contributed by atoms with Gasteiger partial charge in [0.15, 0.2) is 0 Å². The number of nitrogens with two attached hydrogens (primary N) is 2. The van der Waals surface area contributed by atoms with Gasteiger partial charge in [-0.25, -0.2) is 0 Å². The highest BCUT2D eigenvalue weighted by molar-refractivity contribution is 4.83. The van der Waals surface area contributed by atoms with Crippen molar-refractivity contribution < 1.29 is 0 Å². The molecule has 0 aromatic heterocycles. The average Bonchev–Trinajstić information content (AvgIpc) is 2.04. The molecule has 0 aliphatic heterocycles. The summed E-state index contributed by atoms with van der Waals surface area (Å²) in [7, 11) is 0. The van der Waals surface area contributed by atoms with E-state index in [-0.39, 0.29) is 0 Å². The van der Waals surface area contributed by atoms with E-state index in [4.69, 9.17) is 11.5 Å². The molecule has 3 unspecified atom stereocenters. The van der Waals surface area contributed by atoms with Gasteiger partial charge in [0.2, 0.25) is 0 Å². The standard InChI is InChI=1S/C9H20N2/c1-2-8-7(6-10)4-3-5-9(8)11/h7-9H,2-6,10-11H2,1H3. The fourth-order valence-corrected chi connectivity index (χ4v) is 2.32. The van der Waals surface area contributed by atoms with Crippen molar-refractivity contribution in [1.82, 2.24) is 0 Å². The lowest BCUT2D eigenvalue weighted by atomic mass is 9.75. The van der Waals surface area contributed by atoms with Gasteiger partial charge in [0.25, 0.3) is 0 Å². The second-order valence-corrected chi connectivity index (χ2v) is 3.66. The summed E-state index contributed by atoms with van der Waals surface area (Å²) >= 11 is 0. The van der Waals surface area contributed by atoms with E-state index >= 15 is 0 Å². The molecule has 0 saturated heterocycles. The SMILES string of the molecule is CCC1C(N)CCCC1CN. The highest BCUT2D eigenvalue weighted by atomic mass is 14.7. The van der Waals surface area contributed by atoms with Crippen LogP contribution in [0.3, 0.4) is 0 Å². The van der Waals surface area contributed by atoms with Crippen molar-refractivity contribution in [3.05, 3.63) is 0 Å². The molecule has 3 atom stereocenters. The zero-order valence-corrected chi connectivity index (χ0v) is 7.42. The van der Waals surface area contributed by atoms with Gasteiger partial charge in [-0.05, 0) is 31.2 Å². The summed E-state index contributed by atoms with van der Waals surface area (Å²) in [6.45, 7) is 3.05. The highest BCUT2D eigenvalue weighted by Gasteiger charge is 2.28. The molecule has 66 valence electrons. The van der Waals surface area contributed by atoms with Crippen molar-refractivity contribution in [3.8, 4) is 0 Å². The first kappa shape index (κ1) is 9.01. The van der Waals surface area contributed by atoms with Gasteiger partial charge < -0.3 is 11.5 Å². The van der Waals surface area contributed by atoms with Gasteiger partial charge in [0.05, 0.1) is 0 Å². The Morgan fingerprint density at radius 3 is 2.55 bits per heavy atom. The summed E-state index contributed by atoms with van der Waals surface area (Å²) in [5, 5.41) is 0. The fraction of sp³-hybridized carbons (Fsp3) is 1.00. The minimum Gasteiger partial charge on any atom is -0.330 e. The van der Waals surface area contributed by atoms with Crippen molar-refractivity contribution in [2.75, 3.05) is 6.54 Å². The van der Waals surface area contributed by atoms with Crippen LogP contribution in [0.1, 0.15) is 32.6 Å². The molecule has 0 aromatic rings. The molecule has 2 heteroatoms. The molecule has 1 fully saturated rings. The summed E-state index contributed by atoms with van der Waals surface area (Å²) in [5.74, 6) is 1.39. The van der Waals surface area contributed by atoms with Crippen molar-refractivity contribution >= 4 is 0 Å². The van der Waals surface area contributed by atoms with Gasteiger partial charge in [-0.15, -0.1) is 0 Å². The predicted octanol–water partition coefficient (Wildman–Crippen LogP) is 1.10. The van der Waals surface area contributed by atoms with Gasteiger partial charge in [0, 0.05) is 6.04 Å². The van der Waals surface area contributed by atoms with E-state index in [1.165, 1.54) is 25.7 Å². The van der Waals surface area contributed by atoms with Crippen LogP contribution >= 0.6 is 0 Å². The molecule has 1 aliphatic rings. The third kappa shape index (κ3) is 1.94. The smallest absolute Gasteiger partial charge is 0.00701 e. The second kappa shape index (κ2) is 4.07. The molecule has 1 rings (SSSR count). The van der Waals surface area contributed by atoms with Crippen LogP contribution in [-0.4, -0.2) is 12.6 Å². The van der Waals surface area contributed by atoms with Gasteiger partial charge in [-0.1, -0.05) is 19.8 Å². The Kier molecular flexibility index (Phi) is 3.34. The third-order valence-electron chi connectivity index (χ3n) is 3.04. The molecular weight excluding hydrogens is 136 g/mol. The minimum absolute atomic E-state index is 0.419. The van der Waals surface area contributed by atoms with Crippen LogP contribution in [0.25, 0.3) is 0 Å². The first-order valence-corrected chi connectivity index (χ1v) is 4.75. The van der Waals surface area contributed by atoms with Gasteiger partial charge in [-0.2, -0.15) is 0 Å². The van der Waals surface area contributed by atoms with Crippen LogP contribution < -0.4 is 11.5 Å². The molecule has 11 heavy (non-hydrogen) atoms. The van der Waals surface area contributed by atoms with Crippen molar-refractivity contribution in [3.63, 3.8) is 0 Å². The summed E-state index contributed by atoms with van der Waals surface area (Å²) in [4.78, 5) is 0. The van der Waals surface area contributed by atoms with Crippen LogP contribution in [0.15, 0.2) is 0 Å². The predicted molar refractivity (Wildman–Crippen MR) is 48.2 cm³/mol. The van der Waals surface area contributed by atoms with E-state index in [0.29, 0.717) is 17.9 Å². The van der Waals surface area contributed by atoms with Crippen LogP contribution in [0, 0.1) is 11.8 Å². The molecule has 0 aromatic carbocycles. The monoisotopic (exact) mass is 156 g/mol. The van der Waals surface area contributed by atoms with Crippen LogP contribution in [0.5, 0.6) is 0 Å². The highest BCUT2D eigenvalue weighted by Crippen LogP contribution is 2.30. The fourth-order valence-electron chi connectivity index (χ4n) is 2.32. The molecule has 4 N–H and O–H groups in total. The first-order chi connectivity index (χ1) is 5.29. The van der Waals surface area contributed by atoms with Crippen LogP contribution in [0.4, 0.5) is 0 Å². The molecule has 0 spiro atoms. The van der Waals surface area contributed by atoms with Crippen molar-refractivity contribution in [2.45, 2.75) is 38.6 Å². The molecule has 0 radical (unpaired) electrons. The van der Waals surface area contributed by atoms with E-state index in [0.717, 1.165) is 6.54 Å². The van der Waals surface area contributed by atoms with E-state index in [1.54, 1.807) is 0 Å². The lowest BCUT2D eigenvalue weighted by Crippen LogP contribution is -2.41. The molecule has 2 nitrogen and oxygen atoms in total. The quantitative estimate of drug-likeness (QED) is 0.629. The summed E-state index contributed by atoms with van der Waals surface area (Å²) in [6, 6.07) is 0.419. The van der Waals surface area contributed by atoms with Crippen molar-refractivity contribution in [1.29, 1.82) is 0 Å². The normalized spacial score (nSPS) is 39.0. The Balaban J connectivity index is 2.48. The molecule has 1 saturated carbocycles. The second-order valence-electron chi connectivity index (χ2n) is 3.66. The van der Waals surface area contributed by atoms with Crippen LogP contribution in [0.2, 0.25) is 0 Å². The lowest BCUT2D eigenvalue weighted by Gasteiger charge is -2.35. The van der Waals surface area contributed by atoms with E-state index < -0.39 is 0 Å². The van der Waals surface area contributed by atoms with E-state index in [2.05, 4.69) is 6.92 Å². The Labute approximate surface area is 69.3 Å². The summed E-state index contributed by atoms with van der Waals surface area (Å²) in [6.07, 6.45) is 4.97. The Bertz CT molecular complexity index is 114. The van der Waals surface area contributed by atoms with Gasteiger partial charge in [0.1, 0.15) is 0 Å². The summed E-state index contributed by atoms with van der Waals surface area (Å²) in [5.41, 5.74) is 11.7. The topological polar surface area (TPSA) is 52.0 Å². The molecule has 0 amide bonds. The lowest BCUT2D eigenvalue weighted by molar-refractivity contribution is 0.204. The molecule has 1 aliphatic carbocycles. The number of hydrogen-bond acceptors (Lipinski definition) is 2. The van der Waals surface area contributed by atoms with Crippen molar-refractivity contribution in [2.24, 2.45) is 23.3 Å². The summed E-state index contributed by atoms with van der Waals surface area (Å²) < 4.78 is 0. The van der Waals surface area contributed by atoms with Gasteiger partial charge >= 0.3 is 0 Å². The maximum absolute atomic E-state index is 6.00. The Morgan fingerprint density at radius 2 is 2.09 bits per heavy atom. The van der Waals surface area contributed by atoms with Gasteiger partial charge in [-0.3, -0.25) is 0 Å². The maximum atomic E-state index is 6.00. The zero-order valence-electron chi connectivity index (χ0n) is 7.42. The third-order valence-corrected chi connectivity index (χ3v) is 3.04. The first-order valence-electron chi connectivity index (χ1n) is 4.75. The van der Waals surface area contributed by atoms with Crippen LogP contribution in [-0.2, 0) is 0 Å². The van der Waals surface area contributed by atoms with E-state index in [9.17, 15) is 0 Å². The molecule has 0 bridgehead atoms. The number of rotatable bonds is 2. The zero-order chi connectivity index (χ0) is 8.27. The Morgan fingerprint density at radius 1 is 1.36 bits per heavy atom. The largest absolute Gasteiger partial charge is 0.330 e.